The molecular weight excluding hydrogens is 216 g/mol. The Morgan fingerprint density at radius 1 is 1.00 bits per heavy atom. The first-order valence-corrected chi connectivity index (χ1v) is 7.33. The van der Waals surface area contributed by atoms with Crippen LogP contribution < -0.4 is 0 Å². The molecule has 2 unspecified atom stereocenters. The van der Waals surface area contributed by atoms with E-state index in [0.29, 0.717) is 12.1 Å². The summed E-state index contributed by atoms with van der Waals surface area (Å²) in [5, 5.41) is 0. The Bertz CT molecular complexity index is 175. The molecule has 0 spiro atoms. The van der Waals surface area contributed by atoms with E-state index in [4.69, 9.17) is 0 Å². The molecular formula is C13H28N2S. The fourth-order valence-electron chi connectivity index (χ4n) is 2.50. The Morgan fingerprint density at radius 2 is 1.56 bits per heavy atom. The molecule has 1 aliphatic rings. The third-order valence-electron chi connectivity index (χ3n) is 3.82. The lowest BCUT2D eigenvalue weighted by Crippen LogP contribution is -2.54. The van der Waals surface area contributed by atoms with Gasteiger partial charge in [0.1, 0.15) is 0 Å². The van der Waals surface area contributed by atoms with Crippen molar-refractivity contribution in [3.8, 4) is 0 Å². The fourth-order valence-corrected chi connectivity index (χ4v) is 2.72. The Morgan fingerprint density at radius 3 is 2.12 bits per heavy atom. The summed E-state index contributed by atoms with van der Waals surface area (Å²) in [5.41, 5.74) is 0. The standard InChI is InChI=1S/C13H28N2S/c1-12-10-15(11-13(2)14(12)3)8-6-4-5-7-9-16/h12-13,16H,4-11H2,1-3H3. The first kappa shape index (κ1) is 14.3. The largest absolute Gasteiger partial charge is 0.300 e. The van der Waals surface area contributed by atoms with E-state index < -0.39 is 0 Å². The lowest BCUT2D eigenvalue weighted by atomic mass is 10.1. The van der Waals surface area contributed by atoms with Crippen LogP contribution in [0.25, 0.3) is 0 Å². The molecule has 16 heavy (non-hydrogen) atoms. The Balaban J connectivity index is 2.13. The molecule has 0 saturated carbocycles. The van der Waals surface area contributed by atoms with E-state index in [0.717, 1.165) is 5.75 Å². The summed E-state index contributed by atoms with van der Waals surface area (Å²) in [6, 6.07) is 1.42. The second kappa shape index (κ2) is 7.57. The van der Waals surface area contributed by atoms with Crippen LogP contribution >= 0.6 is 12.6 Å². The van der Waals surface area contributed by atoms with Crippen LogP contribution in [0.1, 0.15) is 39.5 Å². The minimum Gasteiger partial charge on any atom is -0.300 e. The van der Waals surface area contributed by atoms with Crippen LogP contribution in [0.2, 0.25) is 0 Å². The smallest absolute Gasteiger partial charge is 0.0195 e. The van der Waals surface area contributed by atoms with E-state index in [1.165, 1.54) is 45.3 Å². The van der Waals surface area contributed by atoms with E-state index in [2.05, 4.69) is 43.3 Å². The van der Waals surface area contributed by atoms with Crippen LogP contribution in [0.4, 0.5) is 0 Å². The summed E-state index contributed by atoms with van der Waals surface area (Å²) in [6.07, 6.45) is 5.35. The van der Waals surface area contributed by atoms with E-state index >= 15 is 0 Å². The maximum absolute atomic E-state index is 4.24. The molecule has 1 fully saturated rings. The van der Waals surface area contributed by atoms with Crippen LogP contribution in [0.15, 0.2) is 0 Å². The number of piperazine rings is 1. The number of rotatable bonds is 6. The topological polar surface area (TPSA) is 6.48 Å². The number of nitrogens with zero attached hydrogens (tertiary/aromatic N) is 2. The quantitative estimate of drug-likeness (QED) is 0.566. The highest BCUT2D eigenvalue weighted by Crippen LogP contribution is 2.14. The number of likely N-dealkylation sites (N-methyl/N-ethyl adjacent to an activating group) is 1. The summed E-state index contributed by atoms with van der Waals surface area (Å²) in [6.45, 7) is 8.45. The average molecular weight is 244 g/mol. The molecule has 0 N–H and O–H groups in total. The van der Waals surface area contributed by atoms with Crippen molar-refractivity contribution in [2.75, 3.05) is 32.4 Å². The van der Waals surface area contributed by atoms with E-state index in [1.807, 2.05) is 0 Å². The van der Waals surface area contributed by atoms with Gasteiger partial charge in [0.05, 0.1) is 0 Å². The molecule has 1 heterocycles. The van der Waals surface area contributed by atoms with Gasteiger partial charge in [-0.3, -0.25) is 4.90 Å². The number of hydrogen-bond donors (Lipinski definition) is 1. The summed E-state index contributed by atoms with van der Waals surface area (Å²) in [7, 11) is 2.25. The lowest BCUT2D eigenvalue weighted by Gasteiger charge is -2.42. The SMILES string of the molecule is CC1CN(CCCCCCS)CC(C)N1C. The fraction of sp³-hybridized carbons (Fsp3) is 1.00. The van der Waals surface area contributed by atoms with Gasteiger partial charge in [-0.2, -0.15) is 12.6 Å². The van der Waals surface area contributed by atoms with Crippen molar-refractivity contribution in [3.05, 3.63) is 0 Å². The van der Waals surface area contributed by atoms with E-state index in [-0.39, 0.29) is 0 Å². The molecule has 0 amide bonds. The van der Waals surface area contributed by atoms with Gasteiger partial charge in [0.15, 0.2) is 0 Å². The maximum Gasteiger partial charge on any atom is 0.0195 e. The number of unbranched alkanes of at least 4 members (excludes halogenated alkanes) is 3. The predicted octanol–water partition coefficient (Wildman–Crippen LogP) is 2.50. The van der Waals surface area contributed by atoms with Gasteiger partial charge in [0.25, 0.3) is 0 Å². The Hall–Kier alpha value is 0.270. The van der Waals surface area contributed by atoms with Crippen molar-refractivity contribution < 1.29 is 0 Å². The lowest BCUT2D eigenvalue weighted by molar-refractivity contribution is 0.0591. The highest BCUT2D eigenvalue weighted by Gasteiger charge is 2.25. The third-order valence-corrected chi connectivity index (χ3v) is 4.13. The van der Waals surface area contributed by atoms with Gasteiger partial charge in [-0.1, -0.05) is 12.8 Å². The molecule has 2 atom stereocenters. The molecule has 96 valence electrons. The zero-order valence-corrected chi connectivity index (χ0v) is 12.0. The summed E-state index contributed by atoms with van der Waals surface area (Å²) in [4.78, 5) is 5.13. The van der Waals surface area contributed by atoms with Gasteiger partial charge < -0.3 is 4.90 Å². The van der Waals surface area contributed by atoms with Crippen LogP contribution in [-0.4, -0.2) is 54.3 Å². The molecule has 0 aromatic carbocycles. The first-order chi connectivity index (χ1) is 7.65. The summed E-state index contributed by atoms with van der Waals surface area (Å²) >= 11 is 4.24. The van der Waals surface area contributed by atoms with Crippen molar-refractivity contribution in [1.29, 1.82) is 0 Å². The van der Waals surface area contributed by atoms with Crippen molar-refractivity contribution >= 4 is 12.6 Å². The maximum atomic E-state index is 4.24. The minimum atomic E-state index is 0.709. The zero-order valence-electron chi connectivity index (χ0n) is 11.2. The molecule has 0 aliphatic carbocycles. The minimum absolute atomic E-state index is 0.709. The third kappa shape index (κ3) is 4.64. The first-order valence-electron chi connectivity index (χ1n) is 6.70. The van der Waals surface area contributed by atoms with E-state index in [1.54, 1.807) is 0 Å². The summed E-state index contributed by atoms with van der Waals surface area (Å²) < 4.78 is 0. The van der Waals surface area contributed by atoms with Crippen molar-refractivity contribution in [2.45, 2.75) is 51.6 Å². The van der Waals surface area contributed by atoms with Gasteiger partial charge >= 0.3 is 0 Å². The molecule has 0 bridgehead atoms. The number of hydrogen-bond acceptors (Lipinski definition) is 3. The second-order valence-electron chi connectivity index (χ2n) is 5.26. The van der Waals surface area contributed by atoms with Crippen LogP contribution in [0.5, 0.6) is 0 Å². The molecule has 3 heteroatoms. The molecule has 0 aromatic rings. The van der Waals surface area contributed by atoms with Crippen LogP contribution in [-0.2, 0) is 0 Å². The normalized spacial score (nSPS) is 28.5. The Labute approximate surface area is 107 Å². The van der Waals surface area contributed by atoms with Gasteiger partial charge in [-0.25, -0.2) is 0 Å². The molecule has 1 saturated heterocycles. The van der Waals surface area contributed by atoms with Crippen molar-refractivity contribution in [3.63, 3.8) is 0 Å². The molecule has 2 nitrogen and oxygen atoms in total. The van der Waals surface area contributed by atoms with Gasteiger partial charge in [0.2, 0.25) is 0 Å². The van der Waals surface area contributed by atoms with Gasteiger partial charge in [-0.15, -0.1) is 0 Å². The highest BCUT2D eigenvalue weighted by atomic mass is 32.1. The second-order valence-corrected chi connectivity index (χ2v) is 5.71. The monoisotopic (exact) mass is 244 g/mol. The van der Waals surface area contributed by atoms with E-state index in [9.17, 15) is 0 Å². The van der Waals surface area contributed by atoms with Gasteiger partial charge in [0, 0.05) is 25.2 Å². The zero-order chi connectivity index (χ0) is 12.0. The van der Waals surface area contributed by atoms with Crippen molar-refractivity contribution in [2.24, 2.45) is 0 Å². The molecule has 0 aromatic heterocycles. The molecule has 1 aliphatic heterocycles. The van der Waals surface area contributed by atoms with Crippen LogP contribution in [0, 0.1) is 0 Å². The molecule has 1 rings (SSSR count). The predicted molar refractivity (Wildman–Crippen MR) is 75.4 cm³/mol. The Kier molecular flexibility index (Phi) is 6.78. The van der Waals surface area contributed by atoms with Gasteiger partial charge in [-0.05, 0) is 46.0 Å². The summed E-state index contributed by atoms with van der Waals surface area (Å²) in [5.74, 6) is 1.04. The van der Waals surface area contributed by atoms with Crippen molar-refractivity contribution in [1.82, 2.24) is 9.80 Å². The number of thiol groups is 1. The average Bonchev–Trinajstić information content (AvgIpc) is 2.25. The highest BCUT2D eigenvalue weighted by molar-refractivity contribution is 7.80. The van der Waals surface area contributed by atoms with Crippen LogP contribution in [0.3, 0.4) is 0 Å². The molecule has 0 radical (unpaired) electrons.